The molecule has 0 spiro atoms. The van der Waals surface area contributed by atoms with Gasteiger partial charge >= 0.3 is 0 Å². The van der Waals surface area contributed by atoms with Crippen molar-refractivity contribution in [2.24, 2.45) is 0 Å². The Bertz CT molecular complexity index is 806. The van der Waals surface area contributed by atoms with E-state index in [0.717, 1.165) is 11.1 Å². The quantitative estimate of drug-likeness (QED) is 0.917. The van der Waals surface area contributed by atoms with Crippen LogP contribution < -0.4 is 5.32 Å². The van der Waals surface area contributed by atoms with E-state index in [1.807, 2.05) is 0 Å². The van der Waals surface area contributed by atoms with Crippen LogP contribution in [0.4, 0.5) is 4.39 Å². The molecule has 3 rings (SSSR count). The Morgan fingerprint density at radius 1 is 1.13 bits per heavy atom. The zero-order valence-corrected chi connectivity index (χ0v) is 14.0. The molecule has 1 atom stereocenters. The lowest BCUT2D eigenvalue weighted by Gasteiger charge is -2.24. The second-order valence-electron chi connectivity index (χ2n) is 5.75. The molecule has 1 N–H and O–H groups in total. The fourth-order valence-corrected chi connectivity index (χ4v) is 4.26. The van der Waals surface area contributed by atoms with Crippen molar-refractivity contribution in [2.45, 2.75) is 29.7 Å². The number of nitrogens with one attached hydrogen (secondary N) is 1. The lowest BCUT2D eigenvalue weighted by Crippen LogP contribution is -2.37. The van der Waals surface area contributed by atoms with Crippen LogP contribution in [0.3, 0.4) is 0 Å². The maximum atomic E-state index is 12.7. The van der Waals surface area contributed by atoms with Gasteiger partial charge in [0.15, 0.2) is 9.84 Å². The number of hydrogen-bond donors (Lipinski definition) is 1. The van der Waals surface area contributed by atoms with Gasteiger partial charge in [0.2, 0.25) is 0 Å². The molecule has 2 aromatic rings. The van der Waals surface area contributed by atoms with E-state index in [0.29, 0.717) is 28.4 Å². The molecular weight excluding hydrogens is 337 g/mol. The largest absolute Gasteiger partial charge is 0.307 e. The van der Waals surface area contributed by atoms with Gasteiger partial charge in [-0.3, -0.25) is 0 Å². The van der Waals surface area contributed by atoms with E-state index in [-0.39, 0.29) is 11.8 Å². The molecule has 3 nitrogen and oxygen atoms in total. The predicted molar refractivity (Wildman–Crippen MR) is 89.1 cm³/mol. The predicted octanol–water partition coefficient (Wildman–Crippen LogP) is 3.30. The molecule has 23 heavy (non-hydrogen) atoms. The van der Waals surface area contributed by atoms with E-state index in [1.165, 1.54) is 0 Å². The van der Waals surface area contributed by atoms with Gasteiger partial charge in [-0.05, 0) is 47.4 Å². The van der Waals surface area contributed by atoms with Gasteiger partial charge in [-0.15, -0.1) is 0 Å². The standard InChI is InChI=1S/C17H17ClFNO2S/c18-15-4-1-12(2-5-15)11-23(21,22)17-6-3-13-7-16(9-19)20-10-14(13)8-17/h1-6,8,16,20H,7,9-11H2. The first-order chi connectivity index (χ1) is 11.0. The zero-order chi connectivity index (χ0) is 16.4. The summed E-state index contributed by atoms with van der Waals surface area (Å²) < 4.78 is 37.9. The fourth-order valence-electron chi connectivity index (χ4n) is 2.74. The Hall–Kier alpha value is -1.43. The van der Waals surface area contributed by atoms with Crippen molar-refractivity contribution in [3.05, 3.63) is 64.2 Å². The second-order valence-corrected chi connectivity index (χ2v) is 8.18. The van der Waals surface area contributed by atoms with Crippen molar-refractivity contribution in [3.8, 4) is 0 Å². The first-order valence-electron chi connectivity index (χ1n) is 7.36. The van der Waals surface area contributed by atoms with Crippen molar-refractivity contribution in [2.75, 3.05) is 6.67 Å². The molecule has 122 valence electrons. The molecule has 2 aromatic carbocycles. The lowest BCUT2D eigenvalue weighted by molar-refractivity contribution is 0.358. The fraction of sp³-hybridized carbons (Fsp3) is 0.294. The van der Waals surface area contributed by atoms with E-state index in [4.69, 9.17) is 11.6 Å². The minimum atomic E-state index is -3.42. The summed E-state index contributed by atoms with van der Waals surface area (Å²) in [5, 5.41) is 3.65. The third kappa shape index (κ3) is 3.74. The van der Waals surface area contributed by atoms with Crippen LogP contribution in [0.2, 0.25) is 5.02 Å². The summed E-state index contributed by atoms with van der Waals surface area (Å²) in [6.07, 6.45) is 0.587. The molecule has 1 aliphatic heterocycles. The molecule has 0 saturated heterocycles. The van der Waals surface area contributed by atoms with Crippen LogP contribution in [0.5, 0.6) is 0 Å². The summed E-state index contributed by atoms with van der Waals surface area (Å²) in [6, 6.07) is 11.7. The van der Waals surface area contributed by atoms with Crippen molar-refractivity contribution in [3.63, 3.8) is 0 Å². The number of fused-ring (bicyclic) bond motifs is 1. The molecule has 0 saturated carbocycles. The molecular formula is C17H17ClFNO2S. The summed E-state index contributed by atoms with van der Waals surface area (Å²) in [5.74, 6) is -0.0660. The van der Waals surface area contributed by atoms with Gasteiger partial charge in [-0.25, -0.2) is 12.8 Å². The number of benzene rings is 2. The van der Waals surface area contributed by atoms with Crippen molar-refractivity contribution in [1.29, 1.82) is 0 Å². The highest BCUT2D eigenvalue weighted by atomic mass is 35.5. The maximum Gasteiger partial charge on any atom is 0.182 e. The number of alkyl halides is 1. The third-order valence-corrected chi connectivity index (χ3v) is 5.98. The second kappa shape index (κ2) is 6.59. The molecule has 0 aromatic heterocycles. The molecule has 1 unspecified atom stereocenters. The first-order valence-corrected chi connectivity index (χ1v) is 9.39. The van der Waals surface area contributed by atoms with Gasteiger partial charge < -0.3 is 5.32 Å². The molecule has 0 amide bonds. The average molecular weight is 354 g/mol. The van der Waals surface area contributed by atoms with E-state index in [9.17, 15) is 12.8 Å². The Morgan fingerprint density at radius 3 is 2.57 bits per heavy atom. The van der Waals surface area contributed by atoms with Crippen LogP contribution in [0.15, 0.2) is 47.4 Å². The van der Waals surface area contributed by atoms with Crippen molar-refractivity contribution in [1.82, 2.24) is 5.32 Å². The molecule has 1 heterocycles. The molecule has 6 heteroatoms. The summed E-state index contributed by atoms with van der Waals surface area (Å²) >= 11 is 5.82. The van der Waals surface area contributed by atoms with Crippen LogP contribution in [0.25, 0.3) is 0 Å². The van der Waals surface area contributed by atoms with E-state index < -0.39 is 16.5 Å². The molecule has 1 aliphatic rings. The van der Waals surface area contributed by atoms with Gasteiger partial charge in [0, 0.05) is 17.6 Å². The Balaban J connectivity index is 1.84. The van der Waals surface area contributed by atoms with Crippen LogP contribution >= 0.6 is 11.6 Å². The average Bonchev–Trinajstić information content (AvgIpc) is 2.55. The SMILES string of the molecule is O=S(=O)(Cc1ccc(Cl)cc1)c1ccc2c(c1)CNC(CF)C2. The molecule has 0 aliphatic carbocycles. The highest BCUT2D eigenvalue weighted by molar-refractivity contribution is 7.90. The normalized spacial score (nSPS) is 17.7. The van der Waals surface area contributed by atoms with Crippen LogP contribution in [0, 0.1) is 0 Å². The summed E-state index contributed by atoms with van der Waals surface area (Å²) in [4.78, 5) is 0.298. The van der Waals surface area contributed by atoms with Gasteiger partial charge in [0.25, 0.3) is 0 Å². The topological polar surface area (TPSA) is 46.2 Å². The van der Waals surface area contributed by atoms with Crippen molar-refractivity contribution < 1.29 is 12.8 Å². The smallest absolute Gasteiger partial charge is 0.182 e. The van der Waals surface area contributed by atoms with Gasteiger partial charge in [-0.2, -0.15) is 0 Å². The van der Waals surface area contributed by atoms with E-state index >= 15 is 0 Å². The zero-order valence-electron chi connectivity index (χ0n) is 12.4. The summed E-state index contributed by atoms with van der Waals surface area (Å²) in [5.41, 5.74) is 2.63. The molecule has 0 fully saturated rings. The number of rotatable bonds is 4. The minimum Gasteiger partial charge on any atom is -0.307 e. The highest BCUT2D eigenvalue weighted by Crippen LogP contribution is 2.24. The maximum absolute atomic E-state index is 12.7. The Morgan fingerprint density at radius 2 is 1.87 bits per heavy atom. The van der Waals surface area contributed by atoms with Crippen molar-refractivity contribution >= 4 is 21.4 Å². The number of halogens is 2. The first kappa shape index (κ1) is 16.4. The van der Waals surface area contributed by atoms with E-state index in [2.05, 4.69) is 5.32 Å². The summed E-state index contributed by atoms with van der Waals surface area (Å²) in [6.45, 7) is 0.0737. The van der Waals surface area contributed by atoms with Crippen LogP contribution in [0.1, 0.15) is 16.7 Å². The lowest BCUT2D eigenvalue weighted by atomic mass is 9.96. The van der Waals surface area contributed by atoms with Crippen LogP contribution in [-0.4, -0.2) is 21.1 Å². The number of hydrogen-bond acceptors (Lipinski definition) is 3. The van der Waals surface area contributed by atoms with Gasteiger partial charge in [-0.1, -0.05) is 29.8 Å². The molecule has 0 bridgehead atoms. The monoisotopic (exact) mass is 353 g/mol. The Labute approximate surface area is 140 Å². The Kier molecular flexibility index (Phi) is 4.71. The van der Waals surface area contributed by atoms with E-state index in [1.54, 1.807) is 42.5 Å². The van der Waals surface area contributed by atoms with Gasteiger partial charge in [0.1, 0.15) is 6.67 Å². The molecule has 0 radical (unpaired) electrons. The minimum absolute atomic E-state index is 0.0660. The van der Waals surface area contributed by atoms with Crippen LogP contribution in [-0.2, 0) is 28.6 Å². The summed E-state index contributed by atoms with van der Waals surface area (Å²) in [7, 11) is -3.42. The number of sulfone groups is 1. The highest BCUT2D eigenvalue weighted by Gasteiger charge is 2.21. The van der Waals surface area contributed by atoms with Gasteiger partial charge in [0.05, 0.1) is 10.6 Å². The third-order valence-electron chi connectivity index (χ3n) is 4.04.